The van der Waals surface area contributed by atoms with Crippen LogP contribution >= 0.6 is 12.4 Å². The van der Waals surface area contributed by atoms with E-state index in [1.807, 2.05) is 18.2 Å². The Morgan fingerprint density at radius 2 is 2.26 bits per heavy atom. The highest BCUT2D eigenvalue weighted by Gasteiger charge is 2.38. The average Bonchev–Trinajstić information content (AvgIpc) is 2.81. The number of benzene rings is 1. The highest BCUT2D eigenvalue weighted by molar-refractivity contribution is 5.85. The summed E-state index contributed by atoms with van der Waals surface area (Å²) in [6.07, 6.45) is 1.20. The van der Waals surface area contributed by atoms with Gasteiger partial charge in [0.05, 0.1) is 18.2 Å². The van der Waals surface area contributed by atoms with Crippen LogP contribution in [0, 0.1) is 17.2 Å². The summed E-state index contributed by atoms with van der Waals surface area (Å²) in [6, 6.07) is 8.04. The molecule has 2 aliphatic rings. The van der Waals surface area contributed by atoms with Crippen molar-refractivity contribution in [3.63, 3.8) is 0 Å². The van der Waals surface area contributed by atoms with Gasteiger partial charge in [0.25, 0.3) is 0 Å². The van der Waals surface area contributed by atoms with Crippen molar-refractivity contribution in [3.05, 3.63) is 29.3 Å². The molecule has 19 heavy (non-hydrogen) atoms. The first-order valence-corrected chi connectivity index (χ1v) is 6.71. The number of likely N-dealkylation sites (tertiary alicyclic amines) is 1. The van der Waals surface area contributed by atoms with Crippen LogP contribution in [-0.2, 0) is 0 Å². The maximum absolute atomic E-state index is 9.01. The van der Waals surface area contributed by atoms with Crippen LogP contribution in [0.25, 0.3) is 0 Å². The van der Waals surface area contributed by atoms with Crippen molar-refractivity contribution in [3.8, 4) is 11.8 Å². The predicted octanol–water partition coefficient (Wildman–Crippen LogP) is 2.80. The highest BCUT2D eigenvalue weighted by atomic mass is 35.5. The summed E-state index contributed by atoms with van der Waals surface area (Å²) in [5, 5.41) is 9.01. The van der Waals surface area contributed by atoms with Crippen LogP contribution in [0.3, 0.4) is 0 Å². The van der Waals surface area contributed by atoms with Crippen LogP contribution in [0.5, 0.6) is 5.75 Å². The molecule has 0 spiro atoms. The van der Waals surface area contributed by atoms with Gasteiger partial charge >= 0.3 is 0 Å². The topological polar surface area (TPSA) is 36.3 Å². The molecular weight excluding hydrogens is 260 g/mol. The zero-order valence-corrected chi connectivity index (χ0v) is 11.9. The molecule has 0 aliphatic carbocycles. The first kappa shape index (κ1) is 14.2. The smallest absolute Gasteiger partial charge is 0.122 e. The van der Waals surface area contributed by atoms with E-state index >= 15 is 0 Å². The number of ether oxygens (including phenoxy) is 1. The number of fused-ring (bicyclic) bond motifs is 3. The van der Waals surface area contributed by atoms with Gasteiger partial charge in [0.1, 0.15) is 5.75 Å². The van der Waals surface area contributed by atoms with Crippen LogP contribution in [0.2, 0.25) is 0 Å². The first-order chi connectivity index (χ1) is 8.81. The molecule has 1 fully saturated rings. The standard InChI is InChI=1S/C15H18N2O.ClH/c1-2-5-17-8-12-10-18-15-4-3-11(7-16)6-13(15)14(12)9-17;/h3-4,6,12,14H,2,5,8-10H2,1H3;1H. The van der Waals surface area contributed by atoms with Gasteiger partial charge in [-0.15, -0.1) is 12.4 Å². The molecule has 0 amide bonds. The molecule has 2 atom stereocenters. The Balaban J connectivity index is 0.00000133. The minimum Gasteiger partial charge on any atom is -0.493 e. The Labute approximate surface area is 120 Å². The number of halogens is 1. The average molecular weight is 279 g/mol. The Morgan fingerprint density at radius 1 is 1.42 bits per heavy atom. The van der Waals surface area contributed by atoms with E-state index < -0.39 is 0 Å². The van der Waals surface area contributed by atoms with Crippen molar-refractivity contribution >= 4 is 12.4 Å². The second kappa shape index (κ2) is 5.81. The van der Waals surface area contributed by atoms with Gasteiger partial charge in [0.15, 0.2) is 0 Å². The van der Waals surface area contributed by atoms with E-state index in [1.54, 1.807) is 0 Å². The molecule has 2 aliphatic heterocycles. The minimum absolute atomic E-state index is 0. The molecule has 0 bridgehead atoms. The second-order valence-electron chi connectivity index (χ2n) is 5.30. The van der Waals surface area contributed by atoms with Crippen LogP contribution in [0.15, 0.2) is 18.2 Å². The normalized spacial score (nSPS) is 24.6. The van der Waals surface area contributed by atoms with E-state index in [-0.39, 0.29) is 12.4 Å². The third kappa shape index (κ3) is 2.56. The molecule has 1 aromatic rings. The van der Waals surface area contributed by atoms with E-state index in [1.165, 1.54) is 18.5 Å². The summed E-state index contributed by atoms with van der Waals surface area (Å²) in [5.41, 5.74) is 1.98. The summed E-state index contributed by atoms with van der Waals surface area (Å²) < 4.78 is 5.83. The molecule has 1 aromatic carbocycles. The lowest BCUT2D eigenvalue weighted by Gasteiger charge is -2.27. The van der Waals surface area contributed by atoms with Crippen molar-refractivity contribution in [2.24, 2.45) is 5.92 Å². The fourth-order valence-electron chi connectivity index (χ4n) is 3.22. The lowest BCUT2D eigenvalue weighted by atomic mass is 9.86. The zero-order chi connectivity index (χ0) is 12.5. The van der Waals surface area contributed by atoms with Crippen LogP contribution in [0.1, 0.15) is 30.4 Å². The zero-order valence-electron chi connectivity index (χ0n) is 11.1. The molecule has 0 radical (unpaired) electrons. The Bertz CT molecular complexity index is 497. The molecule has 2 heterocycles. The van der Waals surface area contributed by atoms with Crippen molar-refractivity contribution in [2.75, 3.05) is 26.2 Å². The molecule has 102 valence electrons. The largest absolute Gasteiger partial charge is 0.493 e. The molecule has 3 rings (SSSR count). The molecule has 3 nitrogen and oxygen atoms in total. The van der Waals surface area contributed by atoms with Gasteiger partial charge in [-0.3, -0.25) is 0 Å². The van der Waals surface area contributed by atoms with E-state index in [0.717, 1.165) is 31.0 Å². The van der Waals surface area contributed by atoms with Gasteiger partial charge in [-0.1, -0.05) is 6.92 Å². The number of nitriles is 1. The molecule has 0 saturated carbocycles. The van der Waals surface area contributed by atoms with Gasteiger partial charge in [-0.05, 0) is 31.2 Å². The van der Waals surface area contributed by atoms with Gasteiger partial charge in [0, 0.05) is 30.5 Å². The fraction of sp³-hybridized carbons (Fsp3) is 0.533. The van der Waals surface area contributed by atoms with E-state index in [2.05, 4.69) is 17.9 Å². The third-order valence-electron chi connectivity index (χ3n) is 4.05. The molecule has 0 N–H and O–H groups in total. The lowest BCUT2D eigenvalue weighted by molar-refractivity contribution is 0.213. The number of rotatable bonds is 2. The minimum atomic E-state index is 0. The van der Waals surface area contributed by atoms with Crippen molar-refractivity contribution in [2.45, 2.75) is 19.3 Å². The van der Waals surface area contributed by atoms with E-state index in [9.17, 15) is 0 Å². The maximum atomic E-state index is 9.01. The quantitative estimate of drug-likeness (QED) is 0.835. The number of hydrogen-bond acceptors (Lipinski definition) is 3. The summed E-state index contributed by atoms with van der Waals surface area (Å²) in [6.45, 7) is 6.46. The van der Waals surface area contributed by atoms with E-state index in [4.69, 9.17) is 10.00 Å². The molecule has 4 heteroatoms. The Morgan fingerprint density at radius 3 is 3.00 bits per heavy atom. The highest BCUT2D eigenvalue weighted by Crippen LogP contribution is 2.41. The van der Waals surface area contributed by atoms with Crippen LogP contribution in [-0.4, -0.2) is 31.1 Å². The summed E-state index contributed by atoms with van der Waals surface area (Å²) in [7, 11) is 0. The van der Waals surface area contributed by atoms with Crippen molar-refractivity contribution < 1.29 is 4.74 Å². The Hall–Kier alpha value is -1.24. The molecular formula is C15H19ClN2O. The fourth-order valence-corrected chi connectivity index (χ4v) is 3.22. The predicted molar refractivity (Wildman–Crippen MR) is 76.9 cm³/mol. The molecule has 0 aromatic heterocycles. The second-order valence-corrected chi connectivity index (χ2v) is 5.30. The number of hydrogen-bond donors (Lipinski definition) is 0. The monoisotopic (exact) mass is 278 g/mol. The SMILES string of the molecule is CCCN1CC2COc3ccc(C#N)cc3C2C1.Cl. The van der Waals surface area contributed by atoms with Crippen LogP contribution < -0.4 is 4.74 Å². The maximum Gasteiger partial charge on any atom is 0.122 e. The van der Waals surface area contributed by atoms with Crippen molar-refractivity contribution in [1.29, 1.82) is 5.26 Å². The summed E-state index contributed by atoms with van der Waals surface area (Å²) >= 11 is 0. The van der Waals surface area contributed by atoms with Crippen LogP contribution in [0.4, 0.5) is 0 Å². The number of nitrogens with zero attached hydrogens (tertiary/aromatic N) is 2. The summed E-state index contributed by atoms with van der Waals surface area (Å²) in [5.74, 6) is 2.13. The van der Waals surface area contributed by atoms with Gasteiger partial charge in [-0.2, -0.15) is 5.26 Å². The van der Waals surface area contributed by atoms with Gasteiger partial charge in [0.2, 0.25) is 0 Å². The first-order valence-electron chi connectivity index (χ1n) is 6.71. The third-order valence-corrected chi connectivity index (χ3v) is 4.05. The van der Waals surface area contributed by atoms with Gasteiger partial charge < -0.3 is 9.64 Å². The molecule has 2 unspecified atom stereocenters. The van der Waals surface area contributed by atoms with Gasteiger partial charge in [-0.25, -0.2) is 0 Å². The summed E-state index contributed by atoms with van der Waals surface area (Å²) in [4.78, 5) is 2.52. The lowest BCUT2D eigenvalue weighted by Crippen LogP contribution is -2.25. The molecule has 1 saturated heterocycles. The van der Waals surface area contributed by atoms with Crippen molar-refractivity contribution in [1.82, 2.24) is 4.90 Å². The van der Waals surface area contributed by atoms with E-state index in [0.29, 0.717) is 11.8 Å². The Kier molecular flexibility index (Phi) is 4.34.